The number of aliphatic hydroxyl groups excluding tert-OH is 1. The van der Waals surface area contributed by atoms with Gasteiger partial charge in [-0.3, -0.25) is 9.69 Å². The van der Waals surface area contributed by atoms with Crippen LogP contribution in [0.1, 0.15) is 58.7 Å². The van der Waals surface area contributed by atoms with Gasteiger partial charge in [-0.15, -0.1) is 0 Å². The lowest BCUT2D eigenvalue weighted by molar-refractivity contribution is -0.164. The van der Waals surface area contributed by atoms with E-state index in [1.165, 1.54) is 0 Å². The first-order valence-corrected chi connectivity index (χ1v) is 15.5. The fourth-order valence-electron chi connectivity index (χ4n) is 4.20. The van der Waals surface area contributed by atoms with Crippen molar-refractivity contribution in [1.29, 1.82) is 0 Å². The van der Waals surface area contributed by atoms with Crippen molar-refractivity contribution in [2.75, 3.05) is 13.2 Å². The summed E-state index contributed by atoms with van der Waals surface area (Å²) in [4.78, 5) is 15.2. The molecule has 0 radical (unpaired) electrons. The number of benzene rings is 2. The quantitative estimate of drug-likeness (QED) is 0.387. The summed E-state index contributed by atoms with van der Waals surface area (Å²) >= 11 is 0. The van der Waals surface area contributed by atoms with E-state index in [9.17, 15) is 9.90 Å². The summed E-state index contributed by atoms with van der Waals surface area (Å²) < 4.78 is 12.7. The van der Waals surface area contributed by atoms with Crippen LogP contribution in [0, 0.1) is 5.41 Å². The second kappa shape index (κ2) is 10.6. The molecule has 1 heterocycles. The fourth-order valence-corrected chi connectivity index (χ4v) is 5.22. The summed E-state index contributed by atoms with van der Waals surface area (Å²) in [5, 5.41) is 11.3. The summed E-state index contributed by atoms with van der Waals surface area (Å²) in [7, 11) is -2.07. The van der Waals surface area contributed by atoms with Crippen LogP contribution in [0.15, 0.2) is 60.7 Å². The molecule has 1 fully saturated rings. The van der Waals surface area contributed by atoms with Crippen molar-refractivity contribution < 1.29 is 19.1 Å². The van der Waals surface area contributed by atoms with E-state index in [0.29, 0.717) is 13.2 Å². The lowest BCUT2D eigenvalue weighted by atomic mass is 9.96. The summed E-state index contributed by atoms with van der Waals surface area (Å²) in [5.74, 6) is -0.309. The van der Waals surface area contributed by atoms with Crippen molar-refractivity contribution in [1.82, 2.24) is 4.90 Å². The summed E-state index contributed by atoms with van der Waals surface area (Å²) in [6, 6.07) is 20.3. The van der Waals surface area contributed by atoms with Crippen LogP contribution in [-0.4, -0.2) is 55.7 Å². The molecular formula is C29H43NO4Si. The highest BCUT2D eigenvalue weighted by molar-refractivity contribution is 6.74. The average molecular weight is 498 g/mol. The molecule has 1 aliphatic rings. The summed E-state index contributed by atoms with van der Waals surface area (Å²) in [6.45, 7) is 17.4. The summed E-state index contributed by atoms with van der Waals surface area (Å²) in [5.41, 5.74) is 1.60. The zero-order valence-electron chi connectivity index (χ0n) is 22.6. The topological polar surface area (TPSA) is 59.0 Å². The first kappa shape index (κ1) is 27.6. The predicted molar refractivity (Wildman–Crippen MR) is 144 cm³/mol. The molecule has 0 aromatic heterocycles. The molecular weight excluding hydrogens is 454 g/mol. The maximum atomic E-state index is 12.9. The fraction of sp³-hybridized carbons (Fsp3) is 0.552. The lowest BCUT2D eigenvalue weighted by Gasteiger charge is -2.40. The van der Waals surface area contributed by atoms with E-state index in [0.717, 1.165) is 11.1 Å². The first-order chi connectivity index (χ1) is 16.2. The minimum absolute atomic E-state index is 0.0465. The standard InChI is InChI=1S/C29H43NO4Si/c1-28(2,3)27(32)34-26-23(20-33-35(7,8)29(4,5)6)30(19-24(26)31)25(21-15-11-9-12-16-21)22-17-13-10-14-18-22/h9-18,23-26,31H,19-20H2,1-8H3/t23-,24+,26-/m1/s1. The van der Waals surface area contributed by atoms with Crippen molar-refractivity contribution in [2.45, 2.75) is 84.0 Å². The average Bonchev–Trinajstić information content (AvgIpc) is 3.07. The van der Waals surface area contributed by atoms with Gasteiger partial charge in [0.25, 0.3) is 0 Å². The smallest absolute Gasteiger partial charge is 0.311 e. The van der Waals surface area contributed by atoms with Crippen molar-refractivity contribution in [3.8, 4) is 0 Å². The van der Waals surface area contributed by atoms with Gasteiger partial charge in [0.15, 0.2) is 8.32 Å². The molecule has 3 atom stereocenters. The molecule has 1 aliphatic heterocycles. The Bertz CT molecular complexity index is 926. The molecule has 6 heteroatoms. The number of β-amino-alcohol motifs (C(OH)–C–C–N with tert-alkyl or cyclic N) is 1. The lowest BCUT2D eigenvalue weighted by Crippen LogP contribution is -2.49. The molecule has 35 heavy (non-hydrogen) atoms. The molecule has 0 aliphatic carbocycles. The molecule has 1 N–H and O–H groups in total. The molecule has 3 rings (SSSR count). The highest BCUT2D eigenvalue weighted by Crippen LogP contribution is 2.40. The van der Waals surface area contributed by atoms with Crippen LogP contribution in [0.4, 0.5) is 0 Å². The number of esters is 1. The highest BCUT2D eigenvalue weighted by Gasteiger charge is 2.49. The van der Waals surface area contributed by atoms with Gasteiger partial charge in [0, 0.05) is 6.54 Å². The van der Waals surface area contributed by atoms with Gasteiger partial charge < -0.3 is 14.3 Å². The Balaban J connectivity index is 2.03. The van der Waals surface area contributed by atoms with Gasteiger partial charge in [0.1, 0.15) is 12.2 Å². The van der Waals surface area contributed by atoms with E-state index in [1.54, 1.807) is 0 Å². The third-order valence-corrected chi connectivity index (χ3v) is 11.9. The van der Waals surface area contributed by atoms with Gasteiger partial charge in [-0.25, -0.2) is 0 Å². The van der Waals surface area contributed by atoms with Crippen LogP contribution in [-0.2, 0) is 14.0 Å². The van der Waals surface area contributed by atoms with Gasteiger partial charge in [-0.05, 0) is 50.0 Å². The Morgan fingerprint density at radius 2 is 1.46 bits per heavy atom. The van der Waals surface area contributed by atoms with E-state index in [-0.39, 0.29) is 23.1 Å². The van der Waals surface area contributed by atoms with Crippen LogP contribution < -0.4 is 0 Å². The SMILES string of the molecule is CC(C)(C)C(=O)O[C@@H]1[C@@H](CO[Si](C)(C)C(C)(C)C)N(C(c2ccccc2)c2ccccc2)C[C@@H]1O. The molecule has 2 aromatic rings. The Morgan fingerprint density at radius 3 is 1.89 bits per heavy atom. The van der Waals surface area contributed by atoms with E-state index in [4.69, 9.17) is 9.16 Å². The number of aliphatic hydroxyl groups is 1. The molecule has 0 amide bonds. The third-order valence-electron chi connectivity index (χ3n) is 7.42. The normalized spacial score (nSPS) is 21.9. The van der Waals surface area contributed by atoms with Crippen molar-refractivity contribution in [3.63, 3.8) is 0 Å². The Hall–Kier alpha value is -1.99. The van der Waals surface area contributed by atoms with Gasteiger partial charge in [-0.1, -0.05) is 81.4 Å². The van der Waals surface area contributed by atoms with Crippen LogP contribution in [0.3, 0.4) is 0 Å². The van der Waals surface area contributed by atoms with E-state index >= 15 is 0 Å². The van der Waals surface area contributed by atoms with E-state index in [2.05, 4.69) is 63.0 Å². The number of carbonyl (C=O) groups excluding carboxylic acids is 1. The second-order valence-corrected chi connectivity index (χ2v) is 17.1. The molecule has 0 spiro atoms. The minimum Gasteiger partial charge on any atom is -0.457 e. The molecule has 0 saturated carbocycles. The van der Waals surface area contributed by atoms with E-state index < -0.39 is 25.9 Å². The van der Waals surface area contributed by atoms with Crippen molar-refractivity contribution in [2.24, 2.45) is 5.41 Å². The number of rotatable bonds is 7. The maximum Gasteiger partial charge on any atom is 0.311 e. The first-order valence-electron chi connectivity index (χ1n) is 12.6. The van der Waals surface area contributed by atoms with Crippen LogP contribution in [0.2, 0.25) is 18.1 Å². The minimum atomic E-state index is -2.07. The number of nitrogens with zero attached hydrogens (tertiary/aromatic N) is 1. The number of hydrogen-bond donors (Lipinski definition) is 1. The molecule has 1 saturated heterocycles. The molecule has 0 bridgehead atoms. The van der Waals surface area contributed by atoms with Crippen molar-refractivity contribution >= 4 is 14.3 Å². The molecule has 2 aromatic carbocycles. The van der Waals surface area contributed by atoms with Gasteiger partial charge in [0.05, 0.1) is 24.1 Å². The molecule has 192 valence electrons. The van der Waals surface area contributed by atoms with Crippen LogP contribution in [0.25, 0.3) is 0 Å². The zero-order valence-corrected chi connectivity index (χ0v) is 23.6. The highest BCUT2D eigenvalue weighted by atomic mass is 28.4. The summed E-state index contributed by atoms with van der Waals surface area (Å²) in [6.07, 6.45) is -1.47. The second-order valence-electron chi connectivity index (χ2n) is 12.2. The van der Waals surface area contributed by atoms with Gasteiger partial charge >= 0.3 is 5.97 Å². The Kier molecular flexibility index (Phi) is 8.32. The third kappa shape index (κ3) is 6.42. The van der Waals surface area contributed by atoms with E-state index in [1.807, 2.05) is 57.2 Å². The van der Waals surface area contributed by atoms with Gasteiger partial charge in [0.2, 0.25) is 0 Å². The Labute approximate surface area is 212 Å². The largest absolute Gasteiger partial charge is 0.457 e. The van der Waals surface area contributed by atoms with Crippen LogP contribution >= 0.6 is 0 Å². The van der Waals surface area contributed by atoms with Crippen molar-refractivity contribution in [3.05, 3.63) is 71.8 Å². The monoisotopic (exact) mass is 497 g/mol. The number of ether oxygens (including phenoxy) is 1. The number of likely N-dealkylation sites (tertiary alicyclic amines) is 1. The number of hydrogen-bond acceptors (Lipinski definition) is 5. The maximum absolute atomic E-state index is 12.9. The van der Waals surface area contributed by atoms with Gasteiger partial charge in [-0.2, -0.15) is 0 Å². The van der Waals surface area contributed by atoms with Crippen LogP contribution in [0.5, 0.6) is 0 Å². The predicted octanol–water partition coefficient (Wildman–Crippen LogP) is 5.80. The Morgan fingerprint density at radius 1 is 0.971 bits per heavy atom. The zero-order chi connectivity index (χ0) is 26.0. The molecule has 0 unspecified atom stereocenters. The molecule has 5 nitrogen and oxygen atoms in total. The number of carbonyl (C=O) groups is 1.